The molecule has 150 valence electrons. The van der Waals surface area contributed by atoms with Gasteiger partial charge in [0.05, 0.1) is 29.5 Å². The van der Waals surface area contributed by atoms with Crippen LogP contribution in [-0.2, 0) is 16.6 Å². The molecule has 3 aromatic heterocycles. The summed E-state index contributed by atoms with van der Waals surface area (Å²) in [5, 5.41) is 12.0. The standard InChI is InChI=1S/C17H24N8O2S/c1-12-15(13(2)23-22-12)28(26,27)21-6-9-25-17-14(10-20-25)16(18-11-19-17)24-7-4-3-5-8-24/h10-11,21H,3-9H2,1-2H3,(H,22,23). The zero-order valence-electron chi connectivity index (χ0n) is 16.0. The van der Waals surface area contributed by atoms with Gasteiger partial charge >= 0.3 is 0 Å². The topological polar surface area (TPSA) is 122 Å². The Hall–Kier alpha value is -2.53. The highest BCUT2D eigenvalue weighted by molar-refractivity contribution is 7.89. The molecule has 2 N–H and O–H groups in total. The molecule has 10 nitrogen and oxygen atoms in total. The van der Waals surface area contributed by atoms with Crippen LogP contribution in [0.2, 0.25) is 0 Å². The highest BCUT2D eigenvalue weighted by Gasteiger charge is 2.22. The number of H-pyrrole nitrogens is 1. The van der Waals surface area contributed by atoms with Crippen molar-refractivity contribution < 1.29 is 8.42 Å². The maximum atomic E-state index is 12.6. The molecule has 0 saturated carbocycles. The first-order chi connectivity index (χ1) is 13.5. The van der Waals surface area contributed by atoms with Crippen LogP contribution in [0, 0.1) is 13.8 Å². The molecule has 0 amide bonds. The van der Waals surface area contributed by atoms with Gasteiger partial charge in [-0.05, 0) is 33.1 Å². The summed E-state index contributed by atoms with van der Waals surface area (Å²) in [6.07, 6.45) is 6.88. The molecule has 4 rings (SSSR count). The summed E-state index contributed by atoms with van der Waals surface area (Å²) in [7, 11) is -3.64. The molecule has 0 bridgehead atoms. The van der Waals surface area contributed by atoms with E-state index in [0.29, 0.717) is 23.6 Å². The van der Waals surface area contributed by atoms with Crippen LogP contribution in [0.3, 0.4) is 0 Å². The van der Waals surface area contributed by atoms with Gasteiger partial charge in [0.2, 0.25) is 10.0 Å². The number of hydrogen-bond acceptors (Lipinski definition) is 7. The number of fused-ring (bicyclic) bond motifs is 1. The molecule has 0 radical (unpaired) electrons. The average molecular weight is 405 g/mol. The van der Waals surface area contributed by atoms with Crippen LogP contribution in [0.1, 0.15) is 30.7 Å². The van der Waals surface area contributed by atoms with Crippen LogP contribution in [0.5, 0.6) is 0 Å². The lowest BCUT2D eigenvalue weighted by molar-refractivity contribution is 0.563. The normalized spacial score (nSPS) is 15.4. The molecule has 0 unspecified atom stereocenters. The van der Waals surface area contributed by atoms with Gasteiger partial charge < -0.3 is 4.90 Å². The number of aryl methyl sites for hydroxylation is 2. The number of hydrogen-bond donors (Lipinski definition) is 2. The lowest BCUT2D eigenvalue weighted by Gasteiger charge is -2.27. The summed E-state index contributed by atoms with van der Waals surface area (Å²) >= 11 is 0. The van der Waals surface area contributed by atoms with Gasteiger partial charge in [0, 0.05) is 19.6 Å². The first-order valence-electron chi connectivity index (χ1n) is 9.40. The van der Waals surface area contributed by atoms with E-state index in [4.69, 9.17) is 0 Å². The van der Waals surface area contributed by atoms with Crippen LogP contribution in [-0.4, -0.2) is 58.0 Å². The smallest absolute Gasteiger partial charge is 0.244 e. The fourth-order valence-electron chi connectivity index (χ4n) is 3.70. The van der Waals surface area contributed by atoms with E-state index in [1.165, 1.54) is 6.42 Å². The quantitative estimate of drug-likeness (QED) is 0.632. The number of anilines is 1. The minimum absolute atomic E-state index is 0.201. The van der Waals surface area contributed by atoms with Gasteiger partial charge in [-0.3, -0.25) is 5.10 Å². The van der Waals surface area contributed by atoms with Crippen LogP contribution in [0.4, 0.5) is 5.82 Å². The van der Waals surface area contributed by atoms with Crippen LogP contribution >= 0.6 is 0 Å². The van der Waals surface area contributed by atoms with Crippen molar-refractivity contribution in [3.63, 3.8) is 0 Å². The Morgan fingerprint density at radius 3 is 2.68 bits per heavy atom. The second-order valence-corrected chi connectivity index (χ2v) is 8.71. The highest BCUT2D eigenvalue weighted by Crippen LogP contribution is 2.25. The van der Waals surface area contributed by atoms with E-state index in [0.717, 1.165) is 37.1 Å². The van der Waals surface area contributed by atoms with E-state index in [1.54, 1.807) is 31.1 Å². The predicted octanol–water partition coefficient (Wildman–Crippen LogP) is 1.14. The van der Waals surface area contributed by atoms with Crippen molar-refractivity contribution in [2.75, 3.05) is 24.5 Å². The largest absolute Gasteiger partial charge is 0.356 e. The van der Waals surface area contributed by atoms with Gasteiger partial charge in [-0.2, -0.15) is 10.2 Å². The summed E-state index contributed by atoms with van der Waals surface area (Å²) < 4.78 is 29.4. The first-order valence-corrected chi connectivity index (χ1v) is 10.9. The van der Waals surface area contributed by atoms with Crippen molar-refractivity contribution in [1.29, 1.82) is 0 Å². The molecule has 28 heavy (non-hydrogen) atoms. The number of aromatic amines is 1. The molecule has 0 aliphatic carbocycles. The van der Waals surface area contributed by atoms with Crippen molar-refractivity contribution in [2.45, 2.75) is 44.6 Å². The van der Waals surface area contributed by atoms with Gasteiger partial charge in [0.1, 0.15) is 17.0 Å². The van der Waals surface area contributed by atoms with Crippen molar-refractivity contribution in [3.8, 4) is 0 Å². The maximum Gasteiger partial charge on any atom is 0.244 e. The lowest BCUT2D eigenvalue weighted by atomic mass is 10.1. The third-order valence-corrected chi connectivity index (χ3v) is 6.74. The SMILES string of the molecule is Cc1n[nH]c(C)c1S(=O)(=O)NCCn1ncc2c(N3CCCCC3)ncnc21. The molecular formula is C17H24N8O2S. The molecule has 0 atom stereocenters. The second-order valence-electron chi connectivity index (χ2n) is 7.01. The average Bonchev–Trinajstić information content (AvgIpc) is 3.25. The summed E-state index contributed by atoms with van der Waals surface area (Å²) in [4.78, 5) is 11.3. The molecule has 0 aromatic carbocycles. The number of rotatable bonds is 6. The van der Waals surface area contributed by atoms with Crippen LogP contribution in [0.15, 0.2) is 17.4 Å². The fraction of sp³-hybridized carbons (Fsp3) is 0.529. The zero-order valence-corrected chi connectivity index (χ0v) is 16.8. The Kier molecular flexibility index (Phi) is 5.02. The number of nitrogens with zero attached hydrogens (tertiary/aromatic N) is 6. The van der Waals surface area contributed by atoms with Crippen LogP contribution < -0.4 is 9.62 Å². The Morgan fingerprint density at radius 1 is 1.18 bits per heavy atom. The fourth-order valence-corrected chi connectivity index (χ4v) is 5.08. The van der Waals surface area contributed by atoms with Gasteiger partial charge in [-0.15, -0.1) is 0 Å². The number of sulfonamides is 1. The Balaban J connectivity index is 1.50. The minimum Gasteiger partial charge on any atom is -0.356 e. The molecule has 1 saturated heterocycles. The first kappa shape index (κ1) is 18.8. The van der Waals surface area contributed by atoms with E-state index < -0.39 is 10.0 Å². The monoisotopic (exact) mass is 404 g/mol. The highest BCUT2D eigenvalue weighted by atomic mass is 32.2. The molecular weight excluding hydrogens is 380 g/mol. The van der Waals surface area contributed by atoms with Gasteiger partial charge in [0.25, 0.3) is 0 Å². The third-order valence-electron chi connectivity index (χ3n) is 5.01. The summed E-state index contributed by atoms with van der Waals surface area (Å²) in [5.41, 5.74) is 1.69. The number of nitrogens with one attached hydrogen (secondary N) is 2. The van der Waals surface area contributed by atoms with Crippen LogP contribution in [0.25, 0.3) is 11.0 Å². The van der Waals surface area contributed by atoms with E-state index >= 15 is 0 Å². The van der Waals surface area contributed by atoms with Crippen molar-refractivity contribution in [3.05, 3.63) is 23.9 Å². The summed E-state index contributed by atoms with van der Waals surface area (Å²) in [6.45, 7) is 5.90. The van der Waals surface area contributed by atoms with Crippen molar-refractivity contribution in [1.82, 2.24) is 34.7 Å². The van der Waals surface area contributed by atoms with Gasteiger partial charge in [-0.25, -0.2) is 27.8 Å². The Labute approximate surface area is 163 Å². The second kappa shape index (κ2) is 7.47. The Bertz CT molecular complexity index is 1060. The number of aromatic nitrogens is 6. The van der Waals surface area contributed by atoms with Crippen molar-refractivity contribution >= 4 is 26.9 Å². The third kappa shape index (κ3) is 3.47. The van der Waals surface area contributed by atoms with Gasteiger partial charge in [0.15, 0.2) is 5.65 Å². The summed E-state index contributed by atoms with van der Waals surface area (Å²) in [6, 6.07) is 0. The molecule has 0 spiro atoms. The molecule has 3 aromatic rings. The molecule has 1 aliphatic rings. The van der Waals surface area contributed by atoms with E-state index in [-0.39, 0.29) is 11.4 Å². The molecule has 1 fully saturated rings. The van der Waals surface area contributed by atoms with E-state index in [1.807, 2.05) is 0 Å². The lowest BCUT2D eigenvalue weighted by Crippen LogP contribution is -2.30. The van der Waals surface area contributed by atoms with E-state index in [2.05, 4.69) is 34.9 Å². The molecule has 1 aliphatic heterocycles. The van der Waals surface area contributed by atoms with E-state index in [9.17, 15) is 8.42 Å². The van der Waals surface area contributed by atoms with Gasteiger partial charge in [-0.1, -0.05) is 0 Å². The molecule has 4 heterocycles. The summed E-state index contributed by atoms with van der Waals surface area (Å²) in [5.74, 6) is 0.904. The zero-order chi connectivity index (χ0) is 19.7. The minimum atomic E-state index is -3.64. The Morgan fingerprint density at radius 2 is 1.96 bits per heavy atom. The maximum absolute atomic E-state index is 12.6. The number of piperidine rings is 1. The predicted molar refractivity (Wildman–Crippen MR) is 105 cm³/mol. The van der Waals surface area contributed by atoms with Crippen molar-refractivity contribution in [2.24, 2.45) is 0 Å². The molecule has 11 heteroatoms.